The molecule has 3 rings (SSSR count). The van der Waals surface area contributed by atoms with Crippen molar-refractivity contribution in [2.75, 3.05) is 20.8 Å². The number of aromatic nitrogens is 4. The van der Waals surface area contributed by atoms with Crippen LogP contribution in [-0.2, 0) is 4.74 Å². The Bertz CT molecular complexity index is 978. The number of hydrogen-bond acceptors (Lipinski definition) is 5. The smallest absolute Gasteiger partial charge is 0.222 e. The number of fused-ring (bicyclic) bond motifs is 1. The van der Waals surface area contributed by atoms with Crippen molar-refractivity contribution in [3.63, 3.8) is 0 Å². The zero-order chi connectivity index (χ0) is 20.4. The fraction of sp³-hybridized carbons (Fsp3) is 0.500. The Hall–Kier alpha value is -2.47. The highest BCUT2D eigenvalue weighted by Gasteiger charge is 2.20. The van der Waals surface area contributed by atoms with Crippen LogP contribution in [0, 0.1) is 13.8 Å². The van der Waals surface area contributed by atoms with Crippen molar-refractivity contribution in [2.45, 2.75) is 53.0 Å². The van der Waals surface area contributed by atoms with Crippen LogP contribution < -0.4 is 4.74 Å². The molecule has 0 radical (unpaired) electrons. The maximum absolute atomic E-state index is 5.58. The molecule has 0 aliphatic carbocycles. The van der Waals surface area contributed by atoms with Crippen molar-refractivity contribution in [1.29, 1.82) is 0 Å². The first-order valence-corrected chi connectivity index (χ1v) is 9.81. The molecule has 0 N–H and O–H groups in total. The van der Waals surface area contributed by atoms with E-state index in [0.717, 1.165) is 45.8 Å². The lowest BCUT2D eigenvalue weighted by atomic mass is 10.1. The number of hydrogen-bond donors (Lipinski definition) is 0. The van der Waals surface area contributed by atoms with Crippen molar-refractivity contribution < 1.29 is 9.47 Å². The first-order valence-electron chi connectivity index (χ1n) is 9.81. The predicted octanol–water partition coefficient (Wildman–Crippen LogP) is 4.84. The minimum absolute atomic E-state index is 0.238. The van der Waals surface area contributed by atoms with E-state index in [9.17, 15) is 0 Å². The van der Waals surface area contributed by atoms with Crippen molar-refractivity contribution in [3.05, 3.63) is 35.3 Å². The Morgan fingerprint density at radius 2 is 1.82 bits per heavy atom. The van der Waals surface area contributed by atoms with Crippen LogP contribution in [0.1, 0.15) is 56.1 Å². The van der Waals surface area contributed by atoms with Crippen LogP contribution >= 0.6 is 0 Å². The van der Waals surface area contributed by atoms with Crippen molar-refractivity contribution in [1.82, 2.24) is 19.5 Å². The molecular formula is C22H30N4O2. The summed E-state index contributed by atoms with van der Waals surface area (Å²) in [7, 11) is 3.38. The number of ether oxygens (including phenoxy) is 2. The molecule has 0 fully saturated rings. The van der Waals surface area contributed by atoms with Crippen molar-refractivity contribution >= 4 is 11.2 Å². The number of pyridine rings is 1. The summed E-state index contributed by atoms with van der Waals surface area (Å²) in [4.78, 5) is 14.6. The molecule has 0 amide bonds. The van der Waals surface area contributed by atoms with Gasteiger partial charge in [0.1, 0.15) is 5.52 Å². The van der Waals surface area contributed by atoms with Gasteiger partial charge in [-0.1, -0.05) is 20.8 Å². The molecule has 0 aliphatic rings. The Morgan fingerprint density at radius 3 is 2.43 bits per heavy atom. The number of methoxy groups -OCH3 is 2. The van der Waals surface area contributed by atoms with E-state index in [1.165, 1.54) is 0 Å². The van der Waals surface area contributed by atoms with E-state index >= 15 is 0 Å². The van der Waals surface area contributed by atoms with E-state index < -0.39 is 0 Å². The Kier molecular flexibility index (Phi) is 5.98. The lowest BCUT2D eigenvalue weighted by Gasteiger charge is -2.17. The van der Waals surface area contributed by atoms with Crippen molar-refractivity contribution in [2.24, 2.45) is 0 Å². The molecule has 0 saturated heterocycles. The van der Waals surface area contributed by atoms with E-state index in [2.05, 4.69) is 43.4 Å². The topological polar surface area (TPSA) is 62.1 Å². The van der Waals surface area contributed by atoms with Crippen LogP contribution in [-0.4, -0.2) is 40.3 Å². The van der Waals surface area contributed by atoms with Gasteiger partial charge >= 0.3 is 0 Å². The second-order valence-corrected chi connectivity index (χ2v) is 7.51. The molecule has 3 heterocycles. The second-order valence-electron chi connectivity index (χ2n) is 7.51. The summed E-state index contributed by atoms with van der Waals surface area (Å²) in [5.74, 6) is 0.923. The van der Waals surface area contributed by atoms with E-state index in [0.29, 0.717) is 18.4 Å². The van der Waals surface area contributed by atoms with E-state index in [-0.39, 0.29) is 6.04 Å². The summed E-state index contributed by atoms with van der Waals surface area (Å²) < 4.78 is 13.2. The standard InChI is InChI=1S/C22H30N4O2/c1-8-16(12-27-6)26-11-14(4)19-21(26)23-15(5)20(25-19)17-9-10-18(13(2)3)24-22(17)28-7/h9-11,13,16H,8,12H2,1-7H3. The van der Waals surface area contributed by atoms with Crippen LogP contribution in [0.2, 0.25) is 0 Å². The van der Waals surface area contributed by atoms with Gasteiger partial charge in [0.05, 0.1) is 36.7 Å². The first kappa shape index (κ1) is 20.3. The van der Waals surface area contributed by atoms with Gasteiger partial charge in [0.2, 0.25) is 5.88 Å². The molecule has 0 spiro atoms. The zero-order valence-corrected chi connectivity index (χ0v) is 17.9. The highest BCUT2D eigenvalue weighted by Crippen LogP contribution is 2.33. The van der Waals surface area contributed by atoms with Gasteiger partial charge in [-0.15, -0.1) is 0 Å². The normalized spacial score (nSPS) is 12.7. The molecule has 0 aliphatic heterocycles. The summed E-state index contributed by atoms with van der Waals surface area (Å²) in [6, 6.07) is 4.32. The Balaban J connectivity index is 2.17. The average molecular weight is 383 g/mol. The SMILES string of the molecule is CCC(COC)n1cc(C)c2nc(-c3ccc(C(C)C)nc3OC)c(C)nc21. The molecule has 28 heavy (non-hydrogen) atoms. The van der Waals surface area contributed by atoms with Gasteiger partial charge in [-0.05, 0) is 43.9 Å². The van der Waals surface area contributed by atoms with Crippen LogP contribution in [0.25, 0.3) is 22.4 Å². The van der Waals surface area contributed by atoms with E-state index in [1.54, 1.807) is 14.2 Å². The molecule has 3 aromatic heterocycles. The summed E-state index contributed by atoms with van der Waals surface area (Å²) in [6.07, 6.45) is 3.09. The largest absolute Gasteiger partial charge is 0.480 e. The lowest BCUT2D eigenvalue weighted by Crippen LogP contribution is -2.13. The van der Waals surface area contributed by atoms with Crippen molar-refractivity contribution in [3.8, 4) is 17.1 Å². The Labute approximate surface area is 166 Å². The van der Waals surface area contributed by atoms with Crippen LogP contribution in [0.5, 0.6) is 5.88 Å². The molecule has 0 aromatic carbocycles. The minimum atomic E-state index is 0.238. The van der Waals surface area contributed by atoms with Gasteiger partial charge in [0.15, 0.2) is 5.65 Å². The molecular weight excluding hydrogens is 352 g/mol. The number of aryl methyl sites for hydroxylation is 2. The lowest BCUT2D eigenvalue weighted by molar-refractivity contribution is 0.154. The zero-order valence-electron chi connectivity index (χ0n) is 17.9. The van der Waals surface area contributed by atoms with Crippen LogP contribution in [0.4, 0.5) is 0 Å². The van der Waals surface area contributed by atoms with Gasteiger partial charge in [0.25, 0.3) is 0 Å². The highest BCUT2D eigenvalue weighted by molar-refractivity contribution is 5.80. The summed E-state index contributed by atoms with van der Waals surface area (Å²) in [6.45, 7) is 11.1. The molecule has 3 aromatic rings. The second kappa shape index (κ2) is 8.27. The summed E-state index contributed by atoms with van der Waals surface area (Å²) in [5.41, 5.74) is 6.45. The third-order valence-corrected chi connectivity index (χ3v) is 5.15. The molecule has 1 atom stereocenters. The van der Waals surface area contributed by atoms with E-state index in [1.807, 2.05) is 19.1 Å². The van der Waals surface area contributed by atoms with E-state index in [4.69, 9.17) is 19.4 Å². The monoisotopic (exact) mass is 382 g/mol. The van der Waals surface area contributed by atoms with Gasteiger partial charge in [-0.3, -0.25) is 0 Å². The third kappa shape index (κ3) is 3.61. The summed E-state index contributed by atoms with van der Waals surface area (Å²) >= 11 is 0. The van der Waals surface area contributed by atoms with Gasteiger partial charge in [-0.2, -0.15) is 0 Å². The van der Waals surface area contributed by atoms with Crippen LogP contribution in [0.3, 0.4) is 0 Å². The number of rotatable bonds is 7. The maximum Gasteiger partial charge on any atom is 0.222 e. The predicted molar refractivity (Wildman–Crippen MR) is 112 cm³/mol. The average Bonchev–Trinajstić information content (AvgIpc) is 3.00. The first-order chi connectivity index (χ1) is 13.4. The molecule has 150 valence electrons. The molecule has 0 bridgehead atoms. The maximum atomic E-state index is 5.58. The van der Waals surface area contributed by atoms with Gasteiger partial charge in [-0.25, -0.2) is 15.0 Å². The van der Waals surface area contributed by atoms with Crippen LogP contribution in [0.15, 0.2) is 18.3 Å². The minimum Gasteiger partial charge on any atom is -0.480 e. The summed E-state index contributed by atoms with van der Waals surface area (Å²) in [5, 5.41) is 0. The fourth-order valence-corrected chi connectivity index (χ4v) is 3.52. The number of nitrogens with zero attached hydrogens (tertiary/aromatic N) is 4. The quantitative estimate of drug-likeness (QED) is 0.585. The molecule has 1 unspecified atom stereocenters. The Morgan fingerprint density at radius 1 is 1.07 bits per heavy atom. The fourth-order valence-electron chi connectivity index (χ4n) is 3.52. The molecule has 6 heteroatoms. The molecule has 6 nitrogen and oxygen atoms in total. The molecule has 0 saturated carbocycles. The van der Waals surface area contributed by atoms with Gasteiger partial charge < -0.3 is 14.0 Å². The highest BCUT2D eigenvalue weighted by atomic mass is 16.5. The van der Waals surface area contributed by atoms with Gasteiger partial charge in [0, 0.05) is 19.0 Å². The third-order valence-electron chi connectivity index (χ3n) is 5.15.